The number of likely N-dealkylation sites (tertiary alicyclic amines) is 2. The van der Waals surface area contributed by atoms with Gasteiger partial charge in [0, 0.05) is 13.1 Å². The molecule has 2 fully saturated rings. The van der Waals surface area contributed by atoms with Crippen molar-refractivity contribution in [2.45, 2.75) is 44.6 Å². The van der Waals surface area contributed by atoms with E-state index in [2.05, 4.69) is 9.80 Å². The summed E-state index contributed by atoms with van der Waals surface area (Å²) in [5.41, 5.74) is -0.570. The van der Waals surface area contributed by atoms with Gasteiger partial charge in [-0.25, -0.2) is 0 Å². The molecule has 2 rings (SSSR count). The first-order chi connectivity index (χ1) is 8.19. The minimum atomic E-state index is -0.626. The van der Waals surface area contributed by atoms with Crippen molar-refractivity contribution in [1.29, 1.82) is 0 Å². The first kappa shape index (κ1) is 12.8. The van der Waals surface area contributed by atoms with Gasteiger partial charge in [0.25, 0.3) is 0 Å². The van der Waals surface area contributed by atoms with E-state index in [-0.39, 0.29) is 0 Å². The van der Waals surface area contributed by atoms with Crippen LogP contribution in [0, 0.1) is 0 Å². The number of hydrogen-bond donors (Lipinski definition) is 1. The van der Waals surface area contributed by atoms with E-state index in [1.807, 2.05) is 6.92 Å². The van der Waals surface area contributed by atoms with Crippen LogP contribution in [0.2, 0.25) is 0 Å². The van der Waals surface area contributed by atoms with Crippen molar-refractivity contribution >= 4 is 5.97 Å². The molecule has 2 saturated heterocycles. The van der Waals surface area contributed by atoms with Crippen LogP contribution in [0.1, 0.15) is 39.0 Å². The third-order valence-electron chi connectivity index (χ3n) is 4.49. The SMILES string of the molecule is CCC1(C(=O)O)CCCN1CCN1CCCC1. The average Bonchev–Trinajstić information content (AvgIpc) is 2.96. The summed E-state index contributed by atoms with van der Waals surface area (Å²) in [6.07, 6.45) is 5.18. The highest BCUT2D eigenvalue weighted by Gasteiger charge is 2.45. The Kier molecular flexibility index (Phi) is 4.05. The lowest BCUT2D eigenvalue weighted by Gasteiger charge is -2.34. The summed E-state index contributed by atoms with van der Waals surface area (Å²) < 4.78 is 0. The molecule has 4 heteroatoms. The number of aliphatic carboxylic acids is 1. The molecule has 1 unspecified atom stereocenters. The summed E-state index contributed by atoms with van der Waals surface area (Å²) in [5, 5.41) is 9.47. The Labute approximate surface area is 104 Å². The van der Waals surface area contributed by atoms with Gasteiger partial charge in [0.2, 0.25) is 0 Å². The number of hydrogen-bond acceptors (Lipinski definition) is 3. The maximum absolute atomic E-state index is 11.5. The van der Waals surface area contributed by atoms with Crippen LogP contribution < -0.4 is 0 Å². The lowest BCUT2D eigenvalue weighted by Crippen LogP contribution is -2.52. The van der Waals surface area contributed by atoms with E-state index >= 15 is 0 Å². The first-order valence-corrected chi connectivity index (χ1v) is 6.90. The van der Waals surface area contributed by atoms with Crippen molar-refractivity contribution in [2.75, 3.05) is 32.7 Å². The molecule has 0 bridgehead atoms. The van der Waals surface area contributed by atoms with Gasteiger partial charge in [0.15, 0.2) is 0 Å². The van der Waals surface area contributed by atoms with Crippen LogP contribution in [0.5, 0.6) is 0 Å². The quantitative estimate of drug-likeness (QED) is 0.789. The molecule has 17 heavy (non-hydrogen) atoms. The largest absolute Gasteiger partial charge is 0.480 e. The molecule has 0 saturated carbocycles. The van der Waals surface area contributed by atoms with Crippen molar-refractivity contribution in [3.63, 3.8) is 0 Å². The van der Waals surface area contributed by atoms with E-state index in [1.54, 1.807) is 0 Å². The minimum absolute atomic E-state index is 0.570. The Morgan fingerprint density at radius 2 is 1.88 bits per heavy atom. The van der Waals surface area contributed by atoms with Gasteiger partial charge in [-0.05, 0) is 51.7 Å². The van der Waals surface area contributed by atoms with E-state index in [0.29, 0.717) is 0 Å². The van der Waals surface area contributed by atoms with Crippen molar-refractivity contribution in [2.24, 2.45) is 0 Å². The van der Waals surface area contributed by atoms with Crippen LogP contribution >= 0.6 is 0 Å². The van der Waals surface area contributed by atoms with Crippen LogP contribution in [0.15, 0.2) is 0 Å². The van der Waals surface area contributed by atoms with Gasteiger partial charge in [0.1, 0.15) is 5.54 Å². The third kappa shape index (κ3) is 2.47. The number of carbonyl (C=O) groups is 1. The predicted molar refractivity (Wildman–Crippen MR) is 67.1 cm³/mol. The molecule has 0 aromatic carbocycles. The fourth-order valence-electron chi connectivity index (χ4n) is 3.32. The van der Waals surface area contributed by atoms with Gasteiger partial charge >= 0.3 is 5.97 Å². The van der Waals surface area contributed by atoms with Gasteiger partial charge in [0.05, 0.1) is 0 Å². The lowest BCUT2D eigenvalue weighted by molar-refractivity contribution is -0.150. The summed E-state index contributed by atoms with van der Waals surface area (Å²) in [7, 11) is 0. The average molecular weight is 240 g/mol. The van der Waals surface area contributed by atoms with E-state index < -0.39 is 11.5 Å². The van der Waals surface area contributed by atoms with E-state index in [9.17, 15) is 9.90 Å². The lowest BCUT2D eigenvalue weighted by atomic mass is 9.93. The van der Waals surface area contributed by atoms with Crippen molar-refractivity contribution in [3.8, 4) is 0 Å². The molecular weight excluding hydrogens is 216 g/mol. The molecule has 0 amide bonds. The van der Waals surface area contributed by atoms with E-state index in [0.717, 1.165) is 38.9 Å². The van der Waals surface area contributed by atoms with Crippen molar-refractivity contribution in [1.82, 2.24) is 9.80 Å². The summed E-state index contributed by atoms with van der Waals surface area (Å²) in [6, 6.07) is 0. The molecular formula is C13H24N2O2. The van der Waals surface area contributed by atoms with Gasteiger partial charge in [-0.1, -0.05) is 6.92 Å². The van der Waals surface area contributed by atoms with Gasteiger partial charge in [-0.3, -0.25) is 9.69 Å². The zero-order valence-corrected chi connectivity index (χ0v) is 10.8. The van der Waals surface area contributed by atoms with E-state index in [4.69, 9.17) is 0 Å². The number of rotatable bonds is 5. The smallest absolute Gasteiger partial charge is 0.324 e. The van der Waals surface area contributed by atoms with Crippen LogP contribution in [0.3, 0.4) is 0 Å². The van der Waals surface area contributed by atoms with Gasteiger partial charge in [-0.2, -0.15) is 0 Å². The zero-order chi connectivity index (χ0) is 12.3. The molecule has 0 radical (unpaired) electrons. The van der Waals surface area contributed by atoms with Gasteiger partial charge in [-0.15, -0.1) is 0 Å². The van der Waals surface area contributed by atoms with Crippen LogP contribution in [-0.4, -0.2) is 59.1 Å². The molecule has 0 aromatic rings. The highest BCUT2D eigenvalue weighted by atomic mass is 16.4. The van der Waals surface area contributed by atoms with E-state index in [1.165, 1.54) is 25.9 Å². The highest BCUT2D eigenvalue weighted by molar-refractivity contribution is 5.79. The monoisotopic (exact) mass is 240 g/mol. The Bertz CT molecular complexity index is 277. The van der Waals surface area contributed by atoms with Crippen LogP contribution in [0.25, 0.3) is 0 Å². The molecule has 0 aromatic heterocycles. The molecule has 4 nitrogen and oxygen atoms in total. The second kappa shape index (κ2) is 5.36. The molecule has 2 aliphatic heterocycles. The van der Waals surface area contributed by atoms with Crippen LogP contribution in [-0.2, 0) is 4.79 Å². The normalized spacial score (nSPS) is 31.1. The third-order valence-corrected chi connectivity index (χ3v) is 4.49. The fourth-order valence-corrected chi connectivity index (χ4v) is 3.32. The van der Waals surface area contributed by atoms with Crippen LogP contribution in [0.4, 0.5) is 0 Å². The Hall–Kier alpha value is -0.610. The fraction of sp³-hybridized carbons (Fsp3) is 0.923. The Morgan fingerprint density at radius 3 is 2.47 bits per heavy atom. The highest BCUT2D eigenvalue weighted by Crippen LogP contribution is 2.32. The zero-order valence-electron chi connectivity index (χ0n) is 10.8. The summed E-state index contributed by atoms with van der Waals surface area (Å²) in [4.78, 5) is 16.2. The van der Waals surface area contributed by atoms with Gasteiger partial charge < -0.3 is 10.0 Å². The molecule has 1 N–H and O–H groups in total. The Balaban J connectivity index is 1.91. The first-order valence-electron chi connectivity index (χ1n) is 6.90. The number of nitrogens with zero attached hydrogens (tertiary/aromatic N) is 2. The molecule has 2 aliphatic rings. The summed E-state index contributed by atoms with van der Waals surface area (Å²) >= 11 is 0. The molecule has 0 aliphatic carbocycles. The second-order valence-corrected chi connectivity index (χ2v) is 5.33. The maximum Gasteiger partial charge on any atom is 0.324 e. The van der Waals surface area contributed by atoms with Crippen molar-refractivity contribution in [3.05, 3.63) is 0 Å². The molecule has 0 spiro atoms. The minimum Gasteiger partial charge on any atom is -0.480 e. The number of carboxylic acid groups (broad SMARTS) is 1. The topological polar surface area (TPSA) is 43.8 Å². The standard InChI is InChI=1S/C13H24N2O2/c1-2-13(12(16)17)6-5-9-15(13)11-10-14-7-3-4-8-14/h2-11H2,1H3,(H,16,17). The van der Waals surface area contributed by atoms with Crippen molar-refractivity contribution < 1.29 is 9.90 Å². The molecule has 1 atom stereocenters. The summed E-state index contributed by atoms with van der Waals surface area (Å²) in [5.74, 6) is -0.626. The number of carboxylic acids is 1. The Morgan fingerprint density at radius 1 is 1.18 bits per heavy atom. The molecule has 98 valence electrons. The molecule has 2 heterocycles. The maximum atomic E-state index is 11.5. The summed E-state index contributed by atoms with van der Waals surface area (Å²) in [6.45, 7) is 7.30. The second-order valence-electron chi connectivity index (χ2n) is 5.33. The predicted octanol–water partition coefficient (Wildman–Crippen LogP) is 1.41.